The van der Waals surface area contributed by atoms with E-state index in [1.165, 1.54) is 5.01 Å². The van der Waals surface area contributed by atoms with Crippen molar-refractivity contribution in [3.8, 4) is 0 Å². The van der Waals surface area contributed by atoms with Crippen molar-refractivity contribution in [2.75, 3.05) is 12.1 Å². The largest absolute Gasteiger partial charge is 0.298 e. The van der Waals surface area contributed by atoms with Crippen LogP contribution < -0.4 is 10.9 Å². The van der Waals surface area contributed by atoms with Crippen molar-refractivity contribution in [3.63, 3.8) is 0 Å². The zero-order valence-electron chi connectivity index (χ0n) is 7.41. The van der Waals surface area contributed by atoms with E-state index >= 15 is 0 Å². The van der Waals surface area contributed by atoms with Gasteiger partial charge in [0.25, 0.3) is 0 Å². The molecule has 0 aliphatic rings. The zero-order chi connectivity index (χ0) is 9.14. The number of hydrogen-bond donors (Lipinski definition) is 1. The van der Waals surface area contributed by atoms with Gasteiger partial charge in [-0.3, -0.25) is 5.01 Å². The number of nitrogens with zero attached hydrogens (tertiary/aromatic N) is 2. The molecule has 1 aromatic heterocycles. The molecular formula is C9H13N3. The lowest BCUT2D eigenvalue weighted by molar-refractivity contribution is 0.971. The van der Waals surface area contributed by atoms with E-state index in [1.54, 1.807) is 19.3 Å². The number of anilines is 1. The number of aromatic nitrogens is 1. The third-order valence-electron chi connectivity index (χ3n) is 1.59. The highest BCUT2D eigenvalue weighted by atomic mass is 15.4. The van der Waals surface area contributed by atoms with E-state index in [0.717, 1.165) is 16.9 Å². The van der Waals surface area contributed by atoms with Gasteiger partial charge < -0.3 is 0 Å². The Morgan fingerprint density at radius 1 is 1.67 bits per heavy atom. The Morgan fingerprint density at radius 2 is 2.33 bits per heavy atom. The summed E-state index contributed by atoms with van der Waals surface area (Å²) in [5.74, 6) is 6.31. The summed E-state index contributed by atoms with van der Waals surface area (Å²) < 4.78 is 0. The minimum Gasteiger partial charge on any atom is -0.298 e. The van der Waals surface area contributed by atoms with Crippen molar-refractivity contribution in [3.05, 3.63) is 30.0 Å². The molecule has 2 N–H and O–H groups in total. The lowest BCUT2D eigenvalue weighted by Gasteiger charge is -2.13. The molecule has 0 saturated heterocycles. The van der Waals surface area contributed by atoms with E-state index < -0.39 is 0 Å². The van der Waals surface area contributed by atoms with Crippen LogP contribution in [0.15, 0.2) is 18.8 Å². The molecule has 64 valence electrons. The van der Waals surface area contributed by atoms with E-state index in [1.807, 2.05) is 13.0 Å². The molecule has 0 atom stereocenters. The summed E-state index contributed by atoms with van der Waals surface area (Å²) in [7, 11) is 1.75. The molecule has 0 radical (unpaired) electrons. The number of rotatable bonds is 2. The van der Waals surface area contributed by atoms with Crippen molar-refractivity contribution in [2.45, 2.75) is 6.92 Å². The van der Waals surface area contributed by atoms with Crippen LogP contribution in [-0.4, -0.2) is 12.0 Å². The molecule has 0 saturated carbocycles. The summed E-state index contributed by atoms with van der Waals surface area (Å²) >= 11 is 0. The summed E-state index contributed by atoms with van der Waals surface area (Å²) in [6.45, 7) is 5.68. The minimum absolute atomic E-state index is 0.746. The second kappa shape index (κ2) is 3.36. The second-order valence-electron chi connectivity index (χ2n) is 2.74. The molecule has 0 bridgehead atoms. The first-order chi connectivity index (χ1) is 5.65. The van der Waals surface area contributed by atoms with Gasteiger partial charge in [-0.05, 0) is 18.6 Å². The molecule has 1 rings (SSSR count). The number of pyridine rings is 1. The maximum Gasteiger partial charge on any atom is 0.149 e. The second-order valence-corrected chi connectivity index (χ2v) is 2.74. The van der Waals surface area contributed by atoms with Crippen molar-refractivity contribution in [1.29, 1.82) is 0 Å². The summed E-state index contributed by atoms with van der Waals surface area (Å²) in [5.41, 5.74) is 2.07. The molecular weight excluding hydrogens is 150 g/mol. The third kappa shape index (κ3) is 1.62. The summed E-state index contributed by atoms with van der Waals surface area (Å²) in [4.78, 5) is 4.18. The molecule has 0 amide bonds. The highest BCUT2D eigenvalue weighted by Crippen LogP contribution is 2.16. The molecule has 3 nitrogen and oxygen atoms in total. The maximum atomic E-state index is 5.56. The van der Waals surface area contributed by atoms with Gasteiger partial charge in [0.1, 0.15) is 5.82 Å². The Bertz CT molecular complexity index is 292. The van der Waals surface area contributed by atoms with Crippen LogP contribution in [0.3, 0.4) is 0 Å². The number of hydrazine groups is 1. The fraction of sp³-hybridized carbons (Fsp3) is 0.222. The molecule has 1 aromatic rings. The Balaban J connectivity index is 3.20. The van der Waals surface area contributed by atoms with Crippen LogP contribution in [0.2, 0.25) is 0 Å². The zero-order valence-corrected chi connectivity index (χ0v) is 7.41. The minimum atomic E-state index is 0.746. The average molecular weight is 163 g/mol. The van der Waals surface area contributed by atoms with Crippen LogP contribution in [0.25, 0.3) is 6.08 Å². The first-order valence-electron chi connectivity index (χ1n) is 3.72. The summed E-state index contributed by atoms with van der Waals surface area (Å²) in [6.07, 6.45) is 3.53. The molecule has 0 unspecified atom stereocenters. The standard InChI is InChI=1S/C9H13N3/c1-4-8-5-7(2)6-11-9(8)12(3)10/h4-6H,1,10H2,2-3H3. The predicted octanol–water partition coefficient (Wildman–Crippen LogP) is 1.34. The molecule has 1 heterocycles. The van der Waals surface area contributed by atoms with Gasteiger partial charge in [0, 0.05) is 18.8 Å². The highest BCUT2D eigenvalue weighted by Gasteiger charge is 2.02. The molecule has 0 aliphatic carbocycles. The number of aryl methyl sites for hydroxylation is 1. The third-order valence-corrected chi connectivity index (χ3v) is 1.59. The molecule has 0 aliphatic heterocycles. The quantitative estimate of drug-likeness (QED) is 0.528. The lowest BCUT2D eigenvalue weighted by atomic mass is 10.2. The topological polar surface area (TPSA) is 42.2 Å². The summed E-state index contributed by atoms with van der Waals surface area (Å²) in [5, 5.41) is 1.48. The van der Waals surface area contributed by atoms with Gasteiger partial charge >= 0.3 is 0 Å². The van der Waals surface area contributed by atoms with E-state index in [0.29, 0.717) is 0 Å². The fourth-order valence-electron chi connectivity index (χ4n) is 1.03. The average Bonchev–Trinajstić information content (AvgIpc) is 2.03. The number of hydrogen-bond acceptors (Lipinski definition) is 3. The van der Waals surface area contributed by atoms with Crippen LogP contribution in [0.4, 0.5) is 5.82 Å². The Hall–Kier alpha value is -1.35. The Labute approximate surface area is 72.5 Å². The molecule has 0 spiro atoms. The molecule has 12 heavy (non-hydrogen) atoms. The Kier molecular flexibility index (Phi) is 2.45. The van der Waals surface area contributed by atoms with Crippen molar-refractivity contribution < 1.29 is 0 Å². The van der Waals surface area contributed by atoms with Gasteiger partial charge in [-0.25, -0.2) is 10.8 Å². The maximum absolute atomic E-state index is 5.56. The van der Waals surface area contributed by atoms with Crippen molar-refractivity contribution >= 4 is 11.9 Å². The van der Waals surface area contributed by atoms with Crippen molar-refractivity contribution in [1.82, 2.24) is 4.98 Å². The van der Waals surface area contributed by atoms with Gasteiger partial charge in [-0.1, -0.05) is 12.7 Å². The van der Waals surface area contributed by atoms with Gasteiger partial charge in [-0.2, -0.15) is 0 Å². The van der Waals surface area contributed by atoms with Gasteiger partial charge in [0.2, 0.25) is 0 Å². The van der Waals surface area contributed by atoms with E-state index in [4.69, 9.17) is 5.84 Å². The SMILES string of the molecule is C=Cc1cc(C)cnc1N(C)N. The van der Waals surface area contributed by atoms with E-state index in [-0.39, 0.29) is 0 Å². The molecule has 0 fully saturated rings. The fourth-order valence-corrected chi connectivity index (χ4v) is 1.03. The predicted molar refractivity (Wildman–Crippen MR) is 51.7 cm³/mol. The Morgan fingerprint density at radius 3 is 2.83 bits per heavy atom. The van der Waals surface area contributed by atoms with E-state index in [9.17, 15) is 0 Å². The first-order valence-corrected chi connectivity index (χ1v) is 3.72. The monoisotopic (exact) mass is 163 g/mol. The van der Waals surface area contributed by atoms with Crippen LogP contribution >= 0.6 is 0 Å². The molecule has 0 aromatic carbocycles. The van der Waals surface area contributed by atoms with Gasteiger partial charge in [0.15, 0.2) is 0 Å². The smallest absolute Gasteiger partial charge is 0.149 e. The van der Waals surface area contributed by atoms with E-state index in [2.05, 4.69) is 11.6 Å². The van der Waals surface area contributed by atoms with Crippen LogP contribution in [0.5, 0.6) is 0 Å². The lowest BCUT2D eigenvalue weighted by Crippen LogP contribution is -2.26. The normalized spacial score (nSPS) is 9.58. The van der Waals surface area contributed by atoms with Crippen LogP contribution in [0, 0.1) is 6.92 Å². The van der Waals surface area contributed by atoms with Crippen LogP contribution in [0.1, 0.15) is 11.1 Å². The van der Waals surface area contributed by atoms with Crippen molar-refractivity contribution in [2.24, 2.45) is 5.84 Å². The highest BCUT2D eigenvalue weighted by molar-refractivity contribution is 5.62. The first kappa shape index (κ1) is 8.74. The summed E-state index contributed by atoms with van der Waals surface area (Å²) in [6, 6.07) is 2.00. The van der Waals surface area contributed by atoms with Gasteiger partial charge in [0.05, 0.1) is 0 Å². The molecule has 3 heteroatoms. The van der Waals surface area contributed by atoms with Gasteiger partial charge in [-0.15, -0.1) is 0 Å². The number of nitrogens with two attached hydrogens (primary N) is 1. The van der Waals surface area contributed by atoms with Crippen LogP contribution in [-0.2, 0) is 0 Å².